The molecule has 1 aliphatic heterocycles. The first-order valence-electron chi connectivity index (χ1n) is 10.7. The molecule has 0 radical (unpaired) electrons. The molecule has 0 unspecified atom stereocenters. The second kappa shape index (κ2) is 8.50. The van der Waals surface area contributed by atoms with E-state index >= 15 is 0 Å². The van der Waals surface area contributed by atoms with Gasteiger partial charge in [-0.2, -0.15) is 0 Å². The van der Waals surface area contributed by atoms with Gasteiger partial charge in [-0.1, -0.05) is 13.0 Å². The summed E-state index contributed by atoms with van der Waals surface area (Å²) in [6.07, 6.45) is 1.41. The van der Waals surface area contributed by atoms with Crippen LogP contribution in [0.15, 0.2) is 36.4 Å². The number of benzene rings is 2. The van der Waals surface area contributed by atoms with E-state index in [9.17, 15) is 23.5 Å². The third kappa shape index (κ3) is 4.19. The number of likely N-dealkylation sites (N-methyl/N-ethyl adjacent to an activating group) is 1. The summed E-state index contributed by atoms with van der Waals surface area (Å²) in [5.41, 5.74) is 1.77. The van der Waals surface area contributed by atoms with Gasteiger partial charge in [0.2, 0.25) is 11.8 Å². The molecule has 0 aromatic heterocycles. The monoisotopic (exact) mass is 443 g/mol. The molecule has 0 spiro atoms. The van der Waals surface area contributed by atoms with Gasteiger partial charge in [-0.05, 0) is 61.8 Å². The summed E-state index contributed by atoms with van der Waals surface area (Å²) >= 11 is 0. The van der Waals surface area contributed by atoms with Crippen molar-refractivity contribution in [2.75, 3.05) is 18.9 Å². The number of halogens is 2. The number of fused-ring (bicyclic) bond motifs is 4. The van der Waals surface area contributed by atoms with Crippen molar-refractivity contribution in [3.8, 4) is 5.75 Å². The lowest BCUT2D eigenvalue weighted by Gasteiger charge is -2.54. The van der Waals surface area contributed by atoms with Gasteiger partial charge in [0.15, 0.2) is 0 Å². The predicted octanol–water partition coefficient (Wildman–Crippen LogP) is 3.09. The molecule has 2 aliphatic rings. The molecule has 1 fully saturated rings. The van der Waals surface area contributed by atoms with Gasteiger partial charge in [0.25, 0.3) is 0 Å². The first-order valence-corrected chi connectivity index (χ1v) is 10.7. The molecule has 1 heterocycles. The number of nitrogens with zero attached hydrogens (tertiary/aromatic N) is 1. The number of carbonyl (C=O) groups is 2. The molecule has 2 amide bonds. The van der Waals surface area contributed by atoms with Crippen LogP contribution in [0.25, 0.3) is 0 Å². The Morgan fingerprint density at radius 1 is 1.16 bits per heavy atom. The van der Waals surface area contributed by atoms with Gasteiger partial charge >= 0.3 is 0 Å². The van der Waals surface area contributed by atoms with E-state index in [0.29, 0.717) is 6.07 Å². The van der Waals surface area contributed by atoms with E-state index in [1.165, 1.54) is 5.56 Å². The Bertz CT molecular complexity index is 1060. The van der Waals surface area contributed by atoms with Crippen molar-refractivity contribution >= 4 is 17.5 Å². The van der Waals surface area contributed by atoms with Crippen LogP contribution in [0.5, 0.6) is 5.75 Å². The number of phenolic OH excluding ortho intramolecular Hbond substituents is 1. The quantitative estimate of drug-likeness (QED) is 0.664. The van der Waals surface area contributed by atoms with Crippen molar-refractivity contribution in [2.45, 2.75) is 50.1 Å². The van der Waals surface area contributed by atoms with Crippen LogP contribution in [0, 0.1) is 11.6 Å². The van der Waals surface area contributed by atoms with E-state index in [-0.39, 0.29) is 47.7 Å². The molecule has 1 saturated heterocycles. The highest BCUT2D eigenvalue weighted by Gasteiger charge is 2.50. The number of carbonyl (C=O) groups excluding carboxylic acids is 2. The second-order valence-electron chi connectivity index (χ2n) is 8.98. The van der Waals surface area contributed by atoms with Gasteiger partial charge in [0.1, 0.15) is 17.4 Å². The molecule has 2 aromatic rings. The molecule has 32 heavy (non-hydrogen) atoms. The molecule has 0 saturated carbocycles. The lowest BCUT2D eigenvalue weighted by Crippen LogP contribution is -2.67. The van der Waals surface area contributed by atoms with Crippen molar-refractivity contribution in [1.29, 1.82) is 0 Å². The van der Waals surface area contributed by atoms with E-state index in [0.717, 1.165) is 37.1 Å². The number of nitrogens with one attached hydrogen (secondary N) is 2. The molecule has 2 aromatic carbocycles. The van der Waals surface area contributed by atoms with E-state index in [2.05, 4.69) is 22.5 Å². The van der Waals surface area contributed by atoms with Crippen LogP contribution in [0.3, 0.4) is 0 Å². The molecule has 6 nitrogen and oxygen atoms in total. The number of piperidine rings is 1. The summed E-state index contributed by atoms with van der Waals surface area (Å²) < 4.78 is 26.7. The molecular formula is C24H27F2N3O3. The molecule has 8 heteroatoms. The fourth-order valence-electron chi connectivity index (χ4n) is 5.02. The largest absolute Gasteiger partial charge is 0.508 e. The van der Waals surface area contributed by atoms with Crippen molar-refractivity contribution in [2.24, 2.45) is 0 Å². The predicted molar refractivity (Wildman–Crippen MR) is 116 cm³/mol. The lowest BCUT2D eigenvalue weighted by molar-refractivity contribution is -0.126. The van der Waals surface area contributed by atoms with Crippen molar-refractivity contribution < 1.29 is 23.5 Å². The fraction of sp³-hybridized carbons (Fsp3) is 0.417. The first-order chi connectivity index (χ1) is 15.2. The van der Waals surface area contributed by atoms with Crippen LogP contribution in [-0.2, 0) is 21.4 Å². The standard InChI is InChI=1S/C24H27F2N3O3/c1-24-9-10-29(2)20(11-14-3-5-16(30)13-17(14)24)23(24)28-22(32)8-7-21(31)27-19-6-4-15(25)12-18(19)26/h3-6,12-13,20,23,30H,7-11H2,1-2H3,(H,27,31)(H,28,32)/t20-,23-,24+/m1/s1. The summed E-state index contributed by atoms with van der Waals surface area (Å²) in [4.78, 5) is 27.2. The Labute approximate surface area is 185 Å². The number of rotatable bonds is 5. The molecule has 170 valence electrons. The van der Waals surface area contributed by atoms with Crippen molar-refractivity contribution in [1.82, 2.24) is 10.2 Å². The molecule has 4 rings (SSSR count). The van der Waals surface area contributed by atoms with Gasteiger partial charge in [-0.25, -0.2) is 8.78 Å². The zero-order valence-corrected chi connectivity index (χ0v) is 18.1. The molecule has 2 bridgehead atoms. The van der Waals surface area contributed by atoms with E-state index in [1.807, 2.05) is 13.1 Å². The number of aromatic hydroxyl groups is 1. The Morgan fingerprint density at radius 2 is 1.91 bits per heavy atom. The number of likely N-dealkylation sites (tertiary alicyclic amines) is 1. The van der Waals surface area contributed by atoms with E-state index < -0.39 is 17.5 Å². The SMILES string of the molecule is CN1CC[C@@]2(C)c3cc(O)ccc3C[C@@H]1[C@H]2NC(=O)CCC(=O)Nc1ccc(F)cc1F. The van der Waals surface area contributed by atoms with Crippen molar-refractivity contribution in [3.63, 3.8) is 0 Å². The normalized spacial score (nSPS) is 24.5. The highest BCUT2D eigenvalue weighted by atomic mass is 19.1. The zero-order valence-electron chi connectivity index (χ0n) is 18.1. The van der Waals surface area contributed by atoms with Gasteiger partial charge in [-0.15, -0.1) is 0 Å². The van der Waals surface area contributed by atoms with Gasteiger partial charge < -0.3 is 20.6 Å². The number of hydrogen-bond donors (Lipinski definition) is 3. The lowest BCUT2D eigenvalue weighted by atomic mass is 9.61. The summed E-state index contributed by atoms with van der Waals surface area (Å²) in [5.74, 6) is -2.17. The topological polar surface area (TPSA) is 81.7 Å². The third-order valence-corrected chi connectivity index (χ3v) is 6.86. The maximum Gasteiger partial charge on any atom is 0.224 e. The van der Waals surface area contributed by atoms with Crippen LogP contribution in [0.2, 0.25) is 0 Å². The highest BCUT2D eigenvalue weighted by molar-refractivity contribution is 5.93. The van der Waals surface area contributed by atoms with Gasteiger partial charge in [-0.3, -0.25) is 9.59 Å². The number of amides is 2. The first kappa shape index (κ1) is 22.2. The molecule has 3 atom stereocenters. The summed E-state index contributed by atoms with van der Waals surface area (Å²) in [7, 11) is 2.04. The Hall–Kier alpha value is -3.00. The number of anilines is 1. The van der Waals surface area contributed by atoms with E-state index in [1.54, 1.807) is 12.1 Å². The van der Waals surface area contributed by atoms with E-state index in [4.69, 9.17) is 0 Å². The summed E-state index contributed by atoms with van der Waals surface area (Å²) in [6.45, 7) is 2.99. The average Bonchev–Trinajstić information content (AvgIpc) is 2.74. The second-order valence-corrected chi connectivity index (χ2v) is 8.98. The molecular weight excluding hydrogens is 416 g/mol. The van der Waals surface area contributed by atoms with Gasteiger partial charge in [0, 0.05) is 30.4 Å². The maximum atomic E-state index is 13.7. The highest BCUT2D eigenvalue weighted by Crippen LogP contribution is 2.45. The molecule has 3 N–H and O–H groups in total. The number of phenols is 1. The fourth-order valence-corrected chi connectivity index (χ4v) is 5.02. The van der Waals surface area contributed by atoms with Crippen LogP contribution in [-0.4, -0.2) is 47.5 Å². The van der Waals surface area contributed by atoms with Gasteiger partial charge in [0.05, 0.1) is 11.7 Å². The van der Waals surface area contributed by atoms with Crippen LogP contribution in [0.4, 0.5) is 14.5 Å². The zero-order chi connectivity index (χ0) is 23.0. The third-order valence-electron chi connectivity index (χ3n) is 6.86. The minimum atomic E-state index is -0.865. The number of hydrogen-bond acceptors (Lipinski definition) is 4. The average molecular weight is 443 g/mol. The summed E-state index contributed by atoms with van der Waals surface area (Å²) in [5, 5.41) is 15.5. The van der Waals surface area contributed by atoms with Crippen LogP contribution in [0.1, 0.15) is 37.3 Å². The Kier molecular flexibility index (Phi) is 5.90. The Balaban J connectivity index is 1.42. The minimum absolute atomic E-state index is 0.0510. The smallest absolute Gasteiger partial charge is 0.224 e. The van der Waals surface area contributed by atoms with Crippen LogP contribution >= 0.6 is 0 Å². The summed E-state index contributed by atoms with van der Waals surface area (Å²) in [6, 6.07) is 8.27. The van der Waals surface area contributed by atoms with Crippen molar-refractivity contribution in [3.05, 3.63) is 59.2 Å². The Morgan fingerprint density at radius 3 is 2.66 bits per heavy atom. The minimum Gasteiger partial charge on any atom is -0.508 e. The van der Waals surface area contributed by atoms with Crippen LogP contribution < -0.4 is 10.6 Å². The maximum absolute atomic E-state index is 13.7. The molecule has 1 aliphatic carbocycles.